The van der Waals surface area contributed by atoms with Gasteiger partial charge in [0.25, 0.3) is 0 Å². The molecule has 5 nitrogen and oxygen atoms in total. The van der Waals surface area contributed by atoms with Crippen LogP contribution in [-0.2, 0) is 20.9 Å². The molecule has 2 N–H and O–H groups in total. The second kappa shape index (κ2) is 9.38. The van der Waals surface area contributed by atoms with Gasteiger partial charge in [-0.2, -0.15) is 0 Å². The van der Waals surface area contributed by atoms with E-state index in [1.807, 2.05) is 24.3 Å². The Morgan fingerprint density at radius 1 is 1.00 bits per heavy atom. The maximum Gasteiger partial charge on any atom is 0.223 e. The highest BCUT2D eigenvalue weighted by Gasteiger charge is 2.30. The van der Waals surface area contributed by atoms with E-state index in [2.05, 4.69) is 10.6 Å². The Hall–Kier alpha value is -1.59. The van der Waals surface area contributed by atoms with E-state index in [0.29, 0.717) is 18.1 Å². The molecule has 0 aromatic heterocycles. The fourth-order valence-corrected chi connectivity index (χ4v) is 3.95. The second-order valence-corrected chi connectivity index (χ2v) is 7.65. The van der Waals surface area contributed by atoms with Crippen molar-refractivity contribution in [1.82, 2.24) is 10.6 Å². The van der Waals surface area contributed by atoms with Crippen molar-refractivity contribution in [2.45, 2.75) is 51.2 Å². The SMILES string of the molecule is O=C(NCc1ccccc1Cl)C1CCC(C(=O)NCC2CCCO2)CC1. The third kappa shape index (κ3) is 5.21. The van der Waals surface area contributed by atoms with Crippen molar-refractivity contribution in [2.75, 3.05) is 13.2 Å². The molecule has 1 aromatic carbocycles. The quantitative estimate of drug-likeness (QED) is 0.799. The van der Waals surface area contributed by atoms with Gasteiger partial charge in [-0.1, -0.05) is 29.8 Å². The van der Waals surface area contributed by atoms with Crippen molar-refractivity contribution in [3.05, 3.63) is 34.9 Å². The topological polar surface area (TPSA) is 67.4 Å². The molecule has 1 aromatic rings. The third-order valence-corrected chi connectivity index (χ3v) is 5.78. The van der Waals surface area contributed by atoms with Gasteiger partial charge in [-0.25, -0.2) is 0 Å². The predicted octanol–water partition coefficient (Wildman–Crippen LogP) is 3.06. The molecule has 1 heterocycles. The summed E-state index contributed by atoms with van der Waals surface area (Å²) in [6, 6.07) is 7.52. The Kier molecular flexibility index (Phi) is 6.92. The molecule has 2 fully saturated rings. The molecule has 0 spiro atoms. The molecule has 1 aliphatic heterocycles. The Bertz CT molecular complexity index is 623. The smallest absolute Gasteiger partial charge is 0.223 e. The van der Waals surface area contributed by atoms with Gasteiger partial charge in [0.15, 0.2) is 0 Å². The van der Waals surface area contributed by atoms with Crippen molar-refractivity contribution in [3.63, 3.8) is 0 Å². The van der Waals surface area contributed by atoms with Crippen LogP contribution in [0.1, 0.15) is 44.1 Å². The van der Waals surface area contributed by atoms with Crippen molar-refractivity contribution >= 4 is 23.4 Å². The first-order valence-electron chi connectivity index (χ1n) is 9.54. The molecule has 2 aliphatic rings. The lowest BCUT2D eigenvalue weighted by atomic mass is 9.81. The summed E-state index contributed by atoms with van der Waals surface area (Å²) in [6.07, 6.45) is 5.32. The zero-order valence-electron chi connectivity index (χ0n) is 15.0. The summed E-state index contributed by atoms with van der Waals surface area (Å²) < 4.78 is 5.53. The highest BCUT2D eigenvalue weighted by Crippen LogP contribution is 2.29. The van der Waals surface area contributed by atoms with Crippen LogP contribution >= 0.6 is 11.6 Å². The number of hydrogen-bond acceptors (Lipinski definition) is 3. The molecule has 1 saturated heterocycles. The Labute approximate surface area is 159 Å². The van der Waals surface area contributed by atoms with Crippen LogP contribution in [0.3, 0.4) is 0 Å². The standard InChI is InChI=1S/C20H27ClN2O3/c21-18-6-2-1-4-16(18)12-22-19(24)14-7-9-15(10-8-14)20(25)23-13-17-5-3-11-26-17/h1-2,4,6,14-15,17H,3,5,7-13H2,(H,22,24)(H,23,25). The van der Waals surface area contributed by atoms with E-state index in [0.717, 1.165) is 50.7 Å². The first-order valence-corrected chi connectivity index (χ1v) is 9.91. The molecule has 2 amide bonds. The summed E-state index contributed by atoms with van der Waals surface area (Å²) in [7, 11) is 0. The minimum atomic E-state index is -0.0142. The lowest BCUT2D eigenvalue weighted by Gasteiger charge is -2.27. The van der Waals surface area contributed by atoms with Crippen LogP contribution in [0.15, 0.2) is 24.3 Å². The first kappa shape index (κ1) is 19.2. The maximum absolute atomic E-state index is 12.4. The number of halogens is 1. The van der Waals surface area contributed by atoms with Crippen molar-refractivity contribution in [1.29, 1.82) is 0 Å². The molecule has 6 heteroatoms. The lowest BCUT2D eigenvalue weighted by molar-refractivity contribution is -0.130. The number of ether oxygens (including phenoxy) is 1. The Morgan fingerprint density at radius 2 is 1.65 bits per heavy atom. The number of rotatable bonds is 6. The number of amides is 2. The number of carbonyl (C=O) groups is 2. The largest absolute Gasteiger partial charge is 0.376 e. The molecule has 3 rings (SSSR count). The zero-order valence-corrected chi connectivity index (χ0v) is 15.8. The van der Waals surface area contributed by atoms with E-state index in [1.165, 1.54) is 0 Å². The van der Waals surface area contributed by atoms with E-state index in [9.17, 15) is 9.59 Å². The van der Waals surface area contributed by atoms with E-state index in [-0.39, 0.29) is 29.8 Å². The molecule has 1 atom stereocenters. The molecular formula is C20H27ClN2O3. The van der Waals surface area contributed by atoms with E-state index in [1.54, 1.807) is 0 Å². The minimum absolute atomic E-state index is 0.0142. The average Bonchev–Trinajstić information content (AvgIpc) is 3.19. The summed E-state index contributed by atoms with van der Waals surface area (Å²) >= 11 is 6.12. The van der Waals surface area contributed by atoms with E-state index in [4.69, 9.17) is 16.3 Å². The van der Waals surface area contributed by atoms with E-state index >= 15 is 0 Å². The van der Waals surface area contributed by atoms with Crippen LogP contribution in [0, 0.1) is 11.8 Å². The fourth-order valence-electron chi connectivity index (χ4n) is 3.75. The van der Waals surface area contributed by atoms with Crippen LogP contribution in [-0.4, -0.2) is 31.1 Å². The predicted molar refractivity (Wildman–Crippen MR) is 101 cm³/mol. The van der Waals surface area contributed by atoms with Gasteiger partial charge in [0.2, 0.25) is 11.8 Å². The number of carbonyl (C=O) groups excluding carboxylic acids is 2. The normalized spacial score (nSPS) is 25.7. The van der Waals surface area contributed by atoms with Crippen LogP contribution in [0.4, 0.5) is 0 Å². The van der Waals surface area contributed by atoms with Crippen molar-refractivity contribution in [2.24, 2.45) is 11.8 Å². The first-order chi connectivity index (χ1) is 12.6. The van der Waals surface area contributed by atoms with Crippen LogP contribution < -0.4 is 10.6 Å². The summed E-state index contributed by atoms with van der Waals surface area (Å²) in [5.41, 5.74) is 0.921. The molecule has 0 radical (unpaired) electrons. The molecular weight excluding hydrogens is 352 g/mol. The highest BCUT2D eigenvalue weighted by molar-refractivity contribution is 6.31. The van der Waals surface area contributed by atoms with Crippen LogP contribution in [0.5, 0.6) is 0 Å². The van der Waals surface area contributed by atoms with Gasteiger partial charge in [-0.3, -0.25) is 9.59 Å². The molecule has 1 unspecified atom stereocenters. The summed E-state index contributed by atoms with van der Waals surface area (Å²) in [4.78, 5) is 24.7. The number of hydrogen-bond donors (Lipinski definition) is 2. The molecule has 1 aliphatic carbocycles. The summed E-state index contributed by atoms with van der Waals surface area (Å²) in [5, 5.41) is 6.65. The van der Waals surface area contributed by atoms with Gasteiger partial charge in [0.05, 0.1) is 6.10 Å². The zero-order chi connectivity index (χ0) is 18.4. The highest BCUT2D eigenvalue weighted by atomic mass is 35.5. The second-order valence-electron chi connectivity index (χ2n) is 7.24. The minimum Gasteiger partial charge on any atom is -0.376 e. The average molecular weight is 379 g/mol. The Morgan fingerprint density at radius 3 is 2.27 bits per heavy atom. The molecule has 142 valence electrons. The van der Waals surface area contributed by atoms with Crippen LogP contribution in [0.25, 0.3) is 0 Å². The van der Waals surface area contributed by atoms with Crippen LogP contribution in [0.2, 0.25) is 5.02 Å². The van der Waals surface area contributed by atoms with Gasteiger partial charge >= 0.3 is 0 Å². The monoisotopic (exact) mass is 378 g/mol. The van der Waals surface area contributed by atoms with Gasteiger partial charge in [0.1, 0.15) is 0 Å². The summed E-state index contributed by atoms with van der Waals surface area (Å²) in [6.45, 7) is 1.85. The van der Waals surface area contributed by atoms with Gasteiger partial charge in [-0.15, -0.1) is 0 Å². The molecule has 0 bridgehead atoms. The molecule has 1 saturated carbocycles. The van der Waals surface area contributed by atoms with Crippen molar-refractivity contribution in [3.8, 4) is 0 Å². The van der Waals surface area contributed by atoms with Gasteiger partial charge in [0, 0.05) is 36.6 Å². The van der Waals surface area contributed by atoms with Gasteiger partial charge in [-0.05, 0) is 50.2 Å². The molecule has 26 heavy (non-hydrogen) atoms. The number of benzene rings is 1. The van der Waals surface area contributed by atoms with Crippen molar-refractivity contribution < 1.29 is 14.3 Å². The van der Waals surface area contributed by atoms with Gasteiger partial charge < -0.3 is 15.4 Å². The fraction of sp³-hybridized carbons (Fsp3) is 0.600. The number of nitrogens with one attached hydrogen (secondary N) is 2. The summed E-state index contributed by atoms with van der Waals surface area (Å²) in [5.74, 6) is 0.169. The maximum atomic E-state index is 12.4. The Balaban J connectivity index is 1.37. The third-order valence-electron chi connectivity index (χ3n) is 5.41. The lowest BCUT2D eigenvalue weighted by Crippen LogP contribution is -2.39. The van der Waals surface area contributed by atoms with E-state index < -0.39 is 0 Å².